The monoisotopic (exact) mass is 677 g/mol. The van der Waals surface area contributed by atoms with Crippen molar-refractivity contribution in [2.45, 2.75) is 36.4 Å². The van der Waals surface area contributed by atoms with E-state index < -0.39 is 28.9 Å². The molecular formula is C33H29F2N5O5S2. The normalized spacial score (nSPS) is 13.2. The molecule has 3 aromatic carbocycles. The third-order valence-electron chi connectivity index (χ3n) is 7.62. The first-order valence-electron chi connectivity index (χ1n) is 14.7. The highest BCUT2D eigenvalue weighted by Crippen LogP contribution is 2.47. The number of nitrogens with zero attached hydrogens (tertiary/aromatic N) is 3. The average molecular weight is 678 g/mol. The Kier molecular flexibility index (Phi) is 9.50. The number of aromatic nitrogens is 3. The predicted molar refractivity (Wildman–Crippen MR) is 176 cm³/mol. The molecule has 10 nitrogen and oxygen atoms in total. The number of carbonyl (C=O) groups is 2. The van der Waals surface area contributed by atoms with Gasteiger partial charge in [-0.05, 0) is 74.2 Å². The van der Waals surface area contributed by atoms with Gasteiger partial charge in [-0.25, -0.2) is 8.78 Å². The Morgan fingerprint density at radius 3 is 2.32 bits per heavy atom. The second-order valence-corrected chi connectivity index (χ2v) is 12.6. The zero-order chi connectivity index (χ0) is 33.0. The molecule has 1 aliphatic carbocycles. The lowest BCUT2D eigenvalue weighted by Gasteiger charge is -2.16. The lowest BCUT2D eigenvalue weighted by Crippen LogP contribution is -2.35. The number of benzene rings is 3. The molecule has 2 heterocycles. The van der Waals surface area contributed by atoms with Crippen molar-refractivity contribution in [3.8, 4) is 23.0 Å². The maximum atomic E-state index is 15.2. The van der Waals surface area contributed by atoms with Gasteiger partial charge in [0.1, 0.15) is 22.0 Å². The minimum atomic E-state index is -1.28. The third-order valence-corrected chi connectivity index (χ3v) is 8.77. The fraction of sp³-hybridized carbons (Fsp3) is 0.242. The number of thiol groups is 1. The van der Waals surface area contributed by atoms with Crippen LogP contribution in [0.4, 0.5) is 20.2 Å². The van der Waals surface area contributed by atoms with E-state index in [1.54, 1.807) is 24.4 Å². The molecule has 1 saturated carbocycles. The Hall–Kier alpha value is -4.82. The smallest absolute Gasteiger partial charge is 0.240 e. The Morgan fingerprint density at radius 2 is 1.64 bits per heavy atom. The maximum absolute atomic E-state index is 15.2. The number of rotatable bonds is 13. The van der Waals surface area contributed by atoms with E-state index in [-0.39, 0.29) is 11.4 Å². The molecule has 0 bridgehead atoms. The lowest BCUT2D eigenvalue weighted by molar-refractivity contribution is -0.131. The number of halogens is 2. The lowest BCUT2D eigenvalue weighted by atomic mass is 10.0. The van der Waals surface area contributed by atoms with Gasteiger partial charge in [-0.3, -0.25) is 14.6 Å². The number of nitrogens with one attached hydrogen (secondary N) is 2. The van der Waals surface area contributed by atoms with Crippen LogP contribution in [-0.2, 0) is 16.0 Å². The Balaban J connectivity index is 1.09. The van der Waals surface area contributed by atoms with Crippen LogP contribution in [0.5, 0.6) is 23.0 Å². The molecule has 0 unspecified atom stereocenters. The van der Waals surface area contributed by atoms with E-state index in [1.807, 2.05) is 0 Å². The zero-order valence-corrected chi connectivity index (χ0v) is 26.8. The second kappa shape index (κ2) is 13.9. The van der Waals surface area contributed by atoms with Crippen LogP contribution in [-0.4, -0.2) is 40.7 Å². The molecule has 2 amide bonds. The van der Waals surface area contributed by atoms with Gasteiger partial charge in [-0.15, -0.1) is 22.8 Å². The summed E-state index contributed by atoms with van der Waals surface area (Å²) in [7, 11) is 1.53. The number of pyridine rings is 1. The molecule has 6 rings (SSSR count). The first-order valence-corrected chi connectivity index (χ1v) is 16.0. The van der Waals surface area contributed by atoms with Crippen molar-refractivity contribution in [3.63, 3.8) is 0 Å². The first kappa shape index (κ1) is 32.1. The van der Waals surface area contributed by atoms with Gasteiger partial charge in [0.15, 0.2) is 27.4 Å². The van der Waals surface area contributed by atoms with Gasteiger partial charge in [-0.2, -0.15) is 0 Å². The van der Waals surface area contributed by atoms with Crippen LogP contribution in [0, 0.1) is 17.0 Å². The molecule has 0 aliphatic heterocycles. The summed E-state index contributed by atoms with van der Waals surface area (Å²) in [5.41, 5.74) is -0.185. The number of hydrogen-bond acceptors (Lipinski definition) is 10. The van der Waals surface area contributed by atoms with Gasteiger partial charge in [0.2, 0.25) is 11.8 Å². The number of ether oxygens (including phenoxy) is 3. The molecule has 47 heavy (non-hydrogen) atoms. The topological polar surface area (TPSA) is 125 Å². The van der Waals surface area contributed by atoms with Crippen molar-refractivity contribution in [3.05, 3.63) is 83.5 Å². The molecule has 242 valence electrons. The summed E-state index contributed by atoms with van der Waals surface area (Å²) in [5, 5.41) is 14.8. The molecule has 0 atom stereocenters. The number of aryl methyl sites for hydroxylation is 1. The molecule has 0 radical (unpaired) electrons. The highest BCUT2D eigenvalue weighted by molar-refractivity contribution is 7.82. The van der Waals surface area contributed by atoms with E-state index in [0.717, 1.165) is 30.3 Å². The Labute approximate surface area is 277 Å². The van der Waals surface area contributed by atoms with Gasteiger partial charge in [0.05, 0.1) is 19.2 Å². The fourth-order valence-electron chi connectivity index (χ4n) is 4.89. The summed E-state index contributed by atoms with van der Waals surface area (Å²) in [6.07, 6.45) is 4.67. The average Bonchev–Trinajstić information content (AvgIpc) is 3.78. The molecule has 5 aromatic rings. The minimum Gasteiger partial charge on any atom is -0.493 e. The summed E-state index contributed by atoms with van der Waals surface area (Å²) in [5.74, 6) is -0.981. The predicted octanol–water partition coefficient (Wildman–Crippen LogP) is 7.21. The quantitative estimate of drug-likeness (QED) is 0.0679. The summed E-state index contributed by atoms with van der Waals surface area (Å²) in [4.78, 5) is 30.3. The molecule has 0 spiro atoms. The number of anilines is 2. The maximum Gasteiger partial charge on any atom is 0.240 e. The standard InChI is InChI=1S/C33H29F2N5O5S2/c1-43-27-17-22-24(18-28(27)44-15-3-2-4-29-39-40-32(46)47-29)36-14-11-25(22)45-26-10-9-21(16-23(26)35)38-31(42)33(12-13-33)30(41)37-20-7-5-19(34)6-8-20/h5-11,14,16-18H,2-4,12-13,15H2,1H3,(H,37,41)(H,38,42)(H,40,46). The molecular weight excluding hydrogens is 649 g/mol. The van der Waals surface area contributed by atoms with Crippen LogP contribution < -0.4 is 24.8 Å². The van der Waals surface area contributed by atoms with Crippen LogP contribution in [0.2, 0.25) is 0 Å². The zero-order valence-electron chi connectivity index (χ0n) is 25.1. The van der Waals surface area contributed by atoms with E-state index >= 15 is 4.39 Å². The molecule has 0 saturated heterocycles. The van der Waals surface area contributed by atoms with Crippen molar-refractivity contribution in [1.82, 2.24) is 15.2 Å². The number of fused-ring (bicyclic) bond motifs is 1. The van der Waals surface area contributed by atoms with Crippen molar-refractivity contribution >= 4 is 58.1 Å². The van der Waals surface area contributed by atoms with Crippen molar-refractivity contribution in [1.29, 1.82) is 0 Å². The third kappa shape index (κ3) is 7.44. The number of carbonyl (C=O) groups excluding carboxylic acids is 2. The summed E-state index contributed by atoms with van der Waals surface area (Å²) < 4.78 is 46.6. The number of methoxy groups -OCH3 is 1. The van der Waals surface area contributed by atoms with Crippen molar-refractivity contribution < 1.29 is 32.6 Å². The van der Waals surface area contributed by atoms with E-state index in [4.69, 9.17) is 14.2 Å². The van der Waals surface area contributed by atoms with Gasteiger partial charge in [0, 0.05) is 41.5 Å². The highest BCUT2D eigenvalue weighted by atomic mass is 32.2. The van der Waals surface area contributed by atoms with E-state index in [0.29, 0.717) is 57.6 Å². The van der Waals surface area contributed by atoms with Crippen molar-refractivity contribution in [2.75, 3.05) is 24.4 Å². The van der Waals surface area contributed by atoms with Crippen LogP contribution in [0.15, 0.2) is 71.2 Å². The van der Waals surface area contributed by atoms with Crippen LogP contribution >= 0.6 is 24.0 Å². The molecule has 1 fully saturated rings. The van der Waals surface area contributed by atoms with Crippen LogP contribution in [0.25, 0.3) is 10.9 Å². The largest absolute Gasteiger partial charge is 0.493 e. The first-order chi connectivity index (χ1) is 22.7. The summed E-state index contributed by atoms with van der Waals surface area (Å²) in [6.45, 7) is 0.457. The van der Waals surface area contributed by atoms with E-state index in [2.05, 4.69) is 38.4 Å². The van der Waals surface area contributed by atoms with E-state index in [1.165, 1.54) is 54.8 Å². The van der Waals surface area contributed by atoms with Gasteiger partial charge in [0.25, 0.3) is 0 Å². The number of unbranched alkanes of at least 4 members (excludes halogenated alkanes) is 1. The highest BCUT2D eigenvalue weighted by Gasteiger charge is 2.56. The van der Waals surface area contributed by atoms with Crippen LogP contribution in [0.1, 0.15) is 30.7 Å². The fourth-order valence-corrected chi connectivity index (χ4v) is 5.87. The van der Waals surface area contributed by atoms with E-state index in [9.17, 15) is 14.0 Å². The molecule has 1 aliphatic rings. The SMILES string of the molecule is COc1cc2c(Oc3ccc(NC(=O)C4(C(=O)Nc5ccc(F)cc5)CC4)cc3F)ccnc2cc1OCCCCc1nnc(S)s1. The molecule has 2 aromatic heterocycles. The van der Waals surface area contributed by atoms with Gasteiger partial charge in [-0.1, -0.05) is 11.3 Å². The van der Waals surface area contributed by atoms with Crippen molar-refractivity contribution in [2.24, 2.45) is 5.41 Å². The summed E-state index contributed by atoms with van der Waals surface area (Å²) in [6, 6.07) is 14.3. The Morgan fingerprint density at radius 1 is 0.894 bits per heavy atom. The minimum absolute atomic E-state index is 0.0783. The van der Waals surface area contributed by atoms with Gasteiger partial charge < -0.3 is 24.8 Å². The van der Waals surface area contributed by atoms with Gasteiger partial charge >= 0.3 is 0 Å². The summed E-state index contributed by atoms with van der Waals surface area (Å²) >= 11 is 5.65. The number of amides is 2. The second-order valence-electron chi connectivity index (χ2n) is 10.9. The molecule has 2 N–H and O–H groups in total. The molecule has 14 heteroatoms. The number of hydrogen-bond donors (Lipinski definition) is 3. The van der Waals surface area contributed by atoms with Crippen LogP contribution in [0.3, 0.4) is 0 Å². The Bertz CT molecular complexity index is 1940.